The lowest BCUT2D eigenvalue weighted by Crippen LogP contribution is -2.24. The lowest BCUT2D eigenvalue weighted by molar-refractivity contribution is 0.139. The van der Waals surface area contributed by atoms with Crippen LogP contribution in [0.5, 0.6) is 0 Å². The number of amides is 2. The Labute approximate surface area is 108 Å². The van der Waals surface area contributed by atoms with Gasteiger partial charge in [-0.3, -0.25) is 0 Å². The second-order valence-electron chi connectivity index (χ2n) is 3.75. The van der Waals surface area contributed by atoms with Crippen molar-refractivity contribution in [2.75, 3.05) is 26.3 Å². The van der Waals surface area contributed by atoms with Gasteiger partial charge in [-0.15, -0.1) is 0 Å². The summed E-state index contributed by atoms with van der Waals surface area (Å²) in [6.07, 6.45) is 2.85. The van der Waals surface area contributed by atoms with Gasteiger partial charge in [0.05, 0.1) is 13.2 Å². The summed E-state index contributed by atoms with van der Waals surface area (Å²) in [4.78, 5) is 21.8. The van der Waals surface area contributed by atoms with Gasteiger partial charge in [-0.25, -0.2) is 9.59 Å². The summed E-state index contributed by atoms with van der Waals surface area (Å²) in [5.74, 6) is 0. The maximum absolute atomic E-state index is 10.9. The fourth-order valence-corrected chi connectivity index (χ4v) is 1.28. The van der Waals surface area contributed by atoms with E-state index in [0.29, 0.717) is 26.3 Å². The molecular formula is C12H24N2O4. The molecule has 0 aromatic rings. The van der Waals surface area contributed by atoms with Crippen molar-refractivity contribution < 1.29 is 19.1 Å². The number of carbonyl (C=O) groups is 2. The highest BCUT2D eigenvalue weighted by atomic mass is 16.6. The highest BCUT2D eigenvalue weighted by molar-refractivity contribution is 5.67. The summed E-state index contributed by atoms with van der Waals surface area (Å²) in [5.41, 5.74) is 0. The SMILES string of the molecule is CCNC(=O)OCCCCCCOC(=O)NCC. The number of nitrogens with one attached hydrogen (secondary N) is 2. The molecule has 6 nitrogen and oxygen atoms in total. The van der Waals surface area contributed by atoms with Gasteiger partial charge in [0.25, 0.3) is 0 Å². The van der Waals surface area contributed by atoms with Crippen molar-refractivity contribution >= 4 is 12.2 Å². The molecule has 0 aromatic heterocycles. The molecule has 0 aliphatic carbocycles. The summed E-state index contributed by atoms with van der Waals surface area (Å²) in [5, 5.41) is 5.11. The van der Waals surface area contributed by atoms with E-state index in [4.69, 9.17) is 9.47 Å². The Hall–Kier alpha value is -1.46. The van der Waals surface area contributed by atoms with Crippen LogP contribution in [0.2, 0.25) is 0 Å². The highest BCUT2D eigenvalue weighted by Crippen LogP contribution is 2.00. The smallest absolute Gasteiger partial charge is 0.407 e. The molecule has 0 atom stereocenters. The molecule has 0 aromatic carbocycles. The van der Waals surface area contributed by atoms with Gasteiger partial charge in [-0.1, -0.05) is 0 Å². The summed E-state index contributed by atoms with van der Waals surface area (Å²) in [6, 6.07) is 0. The van der Waals surface area contributed by atoms with Crippen molar-refractivity contribution in [1.82, 2.24) is 10.6 Å². The van der Waals surface area contributed by atoms with Gasteiger partial charge in [0.1, 0.15) is 0 Å². The molecule has 2 amide bonds. The van der Waals surface area contributed by atoms with Crippen molar-refractivity contribution in [3.63, 3.8) is 0 Å². The second kappa shape index (κ2) is 12.0. The number of unbranched alkanes of at least 4 members (excludes halogenated alkanes) is 3. The van der Waals surface area contributed by atoms with Crippen LogP contribution in [0.3, 0.4) is 0 Å². The molecule has 0 rings (SSSR count). The maximum Gasteiger partial charge on any atom is 0.407 e. The van der Waals surface area contributed by atoms with E-state index < -0.39 is 0 Å². The van der Waals surface area contributed by atoms with E-state index in [1.54, 1.807) is 0 Å². The van der Waals surface area contributed by atoms with Crippen LogP contribution in [0.4, 0.5) is 9.59 Å². The average Bonchev–Trinajstić information content (AvgIpc) is 2.33. The lowest BCUT2D eigenvalue weighted by Gasteiger charge is -2.06. The lowest BCUT2D eigenvalue weighted by atomic mass is 10.2. The first kappa shape index (κ1) is 16.5. The van der Waals surface area contributed by atoms with Crippen LogP contribution >= 0.6 is 0 Å². The van der Waals surface area contributed by atoms with Gasteiger partial charge in [0, 0.05) is 13.1 Å². The van der Waals surface area contributed by atoms with E-state index in [1.165, 1.54) is 0 Å². The molecule has 0 fully saturated rings. The monoisotopic (exact) mass is 260 g/mol. The maximum atomic E-state index is 10.9. The van der Waals surface area contributed by atoms with Gasteiger partial charge < -0.3 is 20.1 Å². The molecule has 0 spiro atoms. The Bertz CT molecular complexity index is 210. The molecule has 6 heteroatoms. The summed E-state index contributed by atoms with van der Waals surface area (Å²) < 4.78 is 9.83. The normalized spacial score (nSPS) is 9.67. The van der Waals surface area contributed by atoms with Crippen LogP contribution in [0.1, 0.15) is 39.5 Å². The van der Waals surface area contributed by atoms with Crippen LogP contribution in [0, 0.1) is 0 Å². The Morgan fingerprint density at radius 2 is 1.17 bits per heavy atom. The van der Waals surface area contributed by atoms with Gasteiger partial charge in [0.2, 0.25) is 0 Å². The zero-order valence-corrected chi connectivity index (χ0v) is 11.3. The standard InChI is InChI=1S/C12H24N2O4/c1-3-13-11(15)17-9-7-5-6-8-10-18-12(16)14-4-2/h3-10H2,1-2H3,(H,13,15)(H,14,16). The Kier molecular flexibility index (Phi) is 11.0. The van der Waals surface area contributed by atoms with Crippen molar-refractivity contribution in [3.05, 3.63) is 0 Å². The van der Waals surface area contributed by atoms with Gasteiger partial charge >= 0.3 is 12.2 Å². The van der Waals surface area contributed by atoms with Gasteiger partial charge in [0.15, 0.2) is 0 Å². The van der Waals surface area contributed by atoms with E-state index in [0.717, 1.165) is 25.7 Å². The number of rotatable bonds is 9. The zero-order chi connectivity index (χ0) is 13.6. The molecule has 0 saturated heterocycles. The molecule has 0 heterocycles. The minimum atomic E-state index is -0.364. The van der Waals surface area contributed by atoms with Crippen molar-refractivity contribution in [1.29, 1.82) is 0 Å². The predicted octanol–water partition coefficient (Wildman–Crippen LogP) is 2.04. The first-order chi connectivity index (χ1) is 8.70. The van der Waals surface area contributed by atoms with E-state index in [1.807, 2.05) is 13.8 Å². The topological polar surface area (TPSA) is 76.7 Å². The second-order valence-corrected chi connectivity index (χ2v) is 3.75. The van der Waals surface area contributed by atoms with Crippen LogP contribution in [-0.4, -0.2) is 38.5 Å². The van der Waals surface area contributed by atoms with Crippen LogP contribution in [0.15, 0.2) is 0 Å². The Balaban J connectivity index is 3.16. The summed E-state index contributed by atoms with van der Waals surface area (Å²) in [7, 11) is 0. The number of alkyl carbamates (subject to hydrolysis) is 2. The third kappa shape index (κ3) is 11.0. The average molecular weight is 260 g/mol. The van der Waals surface area contributed by atoms with E-state index in [9.17, 15) is 9.59 Å². The van der Waals surface area contributed by atoms with Crippen LogP contribution in [0.25, 0.3) is 0 Å². The van der Waals surface area contributed by atoms with Crippen molar-refractivity contribution in [3.8, 4) is 0 Å². The minimum Gasteiger partial charge on any atom is -0.450 e. The molecule has 106 valence electrons. The molecular weight excluding hydrogens is 236 g/mol. The van der Waals surface area contributed by atoms with E-state index in [2.05, 4.69) is 10.6 Å². The first-order valence-corrected chi connectivity index (χ1v) is 6.52. The third-order valence-corrected chi connectivity index (χ3v) is 2.15. The molecule has 0 saturated carbocycles. The molecule has 0 aliphatic rings. The quantitative estimate of drug-likeness (QED) is 0.622. The van der Waals surface area contributed by atoms with Crippen molar-refractivity contribution in [2.24, 2.45) is 0 Å². The summed E-state index contributed by atoms with van der Waals surface area (Å²) >= 11 is 0. The number of ether oxygens (including phenoxy) is 2. The Morgan fingerprint density at radius 1 is 0.778 bits per heavy atom. The summed E-state index contributed by atoms with van der Waals surface area (Å²) in [6.45, 7) is 5.71. The molecule has 0 radical (unpaired) electrons. The Morgan fingerprint density at radius 3 is 1.50 bits per heavy atom. The van der Waals surface area contributed by atoms with Crippen LogP contribution in [-0.2, 0) is 9.47 Å². The molecule has 0 bridgehead atoms. The molecule has 0 aliphatic heterocycles. The van der Waals surface area contributed by atoms with E-state index >= 15 is 0 Å². The number of hydrogen-bond acceptors (Lipinski definition) is 4. The third-order valence-electron chi connectivity index (χ3n) is 2.15. The van der Waals surface area contributed by atoms with Gasteiger partial charge in [-0.2, -0.15) is 0 Å². The fourth-order valence-electron chi connectivity index (χ4n) is 1.28. The molecule has 18 heavy (non-hydrogen) atoms. The van der Waals surface area contributed by atoms with Crippen molar-refractivity contribution in [2.45, 2.75) is 39.5 Å². The van der Waals surface area contributed by atoms with Crippen LogP contribution < -0.4 is 10.6 Å². The first-order valence-electron chi connectivity index (χ1n) is 6.52. The largest absolute Gasteiger partial charge is 0.450 e. The van der Waals surface area contributed by atoms with Gasteiger partial charge in [-0.05, 0) is 39.5 Å². The fraction of sp³-hybridized carbons (Fsp3) is 0.833. The molecule has 0 unspecified atom stereocenters. The number of hydrogen-bond donors (Lipinski definition) is 2. The highest BCUT2D eigenvalue weighted by Gasteiger charge is 2.00. The zero-order valence-electron chi connectivity index (χ0n) is 11.3. The minimum absolute atomic E-state index is 0.364. The van der Waals surface area contributed by atoms with E-state index in [-0.39, 0.29) is 12.2 Å². The number of carbonyl (C=O) groups excluding carboxylic acids is 2. The molecule has 2 N–H and O–H groups in total. The predicted molar refractivity (Wildman–Crippen MR) is 68.5 cm³/mol.